The van der Waals surface area contributed by atoms with Crippen LogP contribution in [0.5, 0.6) is 0 Å². The van der Waals surface area contributed by atoms with Crippen LogP contribution < -0.4 is 4.90 Å². The fraction of sp³-hybridized carbons (Fsp3) is 0.400. The number of β-amino-alcohol motifs (C(OH)–C–C–N with tert-alkyl or cyclic N) is 1. The van der Waals surface area contributed by atoms with E-state index in [1.54, 1.807) is 30.5 Å². The smallest absolute Gasteiger partial charge is 0.301 e. The molecule has 0 radical (unpaired) electrons. The summed E-state index contributed by atoms with van der Waals surface area (Å²) in [5, 5.41) is 22.1. The first kappa shape index (κ1) is 13.8. The second kappa shape index (κ2) is 5.29. The molecule has 0 amide bonds. The van der Waals surface area contributed by atoms with Crippen molar-refractivity contribution in [2.45, 2.75) is 19.4 Å². The monoisotopic (exact) mass is 287 g/mol. The van der Waals surface area contributed by atoms with Gasteiger partial charge in [-0.05, 0) is 36.6 Å². The maximum atomic E-state index is 11.5. The number of fused-ring (bicyclic) bond motifs is 1. The van der Waals surface area contributed by atoms with E-state index >= 15 is 0 Å². The average Bonchev–Trinajstić information content (AvgIpc) is 2.48. The number of pyridine rings is 1. The standard InChI is InChI=1S/C15H17N3O3/c1-10-6-8-17(9-14(10)19)13-5-4-12-11(3-2-7-16-12)15(13)18(20)21/h2-5,7,10,14,19H,6,8-9H2,1H3. The molecule has 1 aromatic carbocycles. The number of benzene rings is 1. The molecule has 1 saturated heterocycles. The fourth-order valence-corrected chi connectivity index (χ4v) is 2.84. The van der Waals surface area contributed by atoms with Gasteiger partial charge in [0.15, 0.2) is 0 Å². The molecule has 6 heteroatoms. The Hall–Kier alpha value is -2.21. The van der Waals surface area contributed by atoms with Crippen LogP contribution in [0.2, 0.25) is 0 Å². The van der Waals surface area contributed by atoms with Gasteiger partial charge in [-0.1, -0.05) is 6.92 Å². The lowest BCUT2D eigenvalue weighted by Crippen LogP contribution is -2.43. The fourth-order valence-electron chi connectivity index (χ4n) is 2.84. The van der Waals surface area contributed by atoms with Crippen LogP contribution in [-0.4, -0.2) is 34.2 Å². The van der Waals surface area contributed by atoms with E-state index in [-0.39, 0.29) is 16.5 Å². The minimum Gasteiger partial charge on any atom is -0.391 e. The Kier molecular flexibility index (Phi) is 3.47. The molecule has 21 heavy (non-hydrogen) atoms. The molecule has 110 valence electrons. The molecule has 2 unspecified atom stereocenters. The number of anilines is 1. The second-order valence-corrected chi connectivity index (χ2v) is 5.54. The minimum atomic E-state index is -0.456. The summed E-state index contributed by atoms with van der Waals surface area (Å²) in [7, 11) is 0. The molecule has 0 spiro atoms. The molecule has 1 N–H and O–H groups in total. The molecule has 0 aliphatic carbocycles. The van der Waals surface area contributed by atoms with Crippen LogP contribution in [0, 0.1) is 16.0 Å². The lowest BCUT2D eigenvalue weighted by molar-refractivity contribution is -0.382. The number of aliphatic hydroxyl groups is 1. The lowest BCUT2D eigenvalue weighted by atomic mass is 9.95. The molecule has 1 aliphatic rings. The zero-order valence-electron chi connectivity index (χ0n) is 11.8. The van der Waals surface area contributed by atoms with E-state index in [1.165, 1.54) is 0 Å². The predicted molar refractivity (Wildman–Crippen MR) is 80.4 cm³/mol. The van der Waals surface area contributed by atoms with Gasteiger partial charge in [-0.15, -0.1) is 0 Å². The van der Waals surface area contributed by atoms with Crippen molar-refractivity contribution in [3.05, 3.63) is 40.6 Å². The Bertz CT molecular complexity index is 689. The first-order chi connectivity index (χ1) is 10.1. The number of piperidine rings is 1. The van der Waals surface area contributed by atoms with Crippen LogP contribution in [0.1, 0.15) is 13.3 Å². The van der Waals surface area contributed by atoms with Crippen molar-refractivity contribution < 1.29 is 10.0 Å². The van der Waals surface area contributed by atoms with Gasteiger partial charge in [0.2, 0.25) is 0 Å². The first-order valence-electron chi connectivity index (χ1n) is 7.03. The van der Waals surface area contributed by atoms with Gasteiger partial charge in [0.1, 0.15) is 5.69 Å². The molecule has 1 fully saturated rings. The highest BCUT2D eigenvalue weighted by atomic mass is 16.6. The number of hydrogen-bond donors (Lipinski definition) is 1. The Morgan fingerprint density at radius 3 is 2.95 bits per heavy atom. The second-order valence-electron chi connectivity index (χ2n) is 5.54. The van der Waals surface area contributed by atoms with E-state index in [9.17, 15) is 15.2 Å². The van der Waals surface area contributed by atoms with Crippen molar-refractivity contribution in [2.75, 3.05) is 18.0 Å². The number of aromatic nitrogens is 1. The van der Waals surface area contributed by atoms with Gasteiger partial charge in [-0.25, -0.2) is 0 Å². The average molecular weight is 287 g/mol. The number of rotatable bonds is 2. The highest BCUT2D eigenvalue weighted by molar-refractivity contribution is 5.94. The normalized spacial score (nSPS) is 22.5. The molecule has 2 heterocycles. The molecule has 1 aromatic heterocycles. The number of nitrogens with zero attached hydrogens (tertiary/aromatic N) is 3. The highest BCUT2D eigenvalue weighted by Crippen LogP contribution is 2.36. The molecular formula is C15H17N3O3. The van der Waals surface area contributed by atoms with Crippen LogP contribution in [0.3, 0.4) is 0 Å². The van der Waals surface area contributed by atoms with E-state index in [1.807, 2.05) is 11.8 Å². The van der Waals surface area contributed by atoms with Crippen LogP contribution in [0.4, 0.5) is 11.4 Å². The van der Waals surface area contributed by atoms with E-state index < -0.39 is 6.10 Å². The maximum absolute atomic E-state index is 11.5. The van der Waals surface area contributed by atoms with Crippen LogP contribution in [-0.2, 0) is 0 Å². The highest BCUT2D eigenvalue weighted by Gasteiger charge is 2.29. The quantitative estimate of drug-likeness (QED) is 0.677. The topological polar surface area (TPSA) is 79.5 Å². The largest absolute Gasteiger partial charge is 0.391 e. The van der Waals surface area contributed by atoms with Crippen molar-refractivity contribution in [1.82, 2.24) is 4.98 Å². The van der Waals surface area contributed by atoms with Crippen LogP contribution in [0.25, 0.3) is 10.9 Å². The molecule has 6 nitrogen and oxygen atoms in total. The van der Waals surface area contributed by atoms with Gasteiger partial charge in [-0.2, -0.15) is 0 Å². The van der Waals surface area contributed by atoms with Gasteiger partial charge < -0.3 is 10.0 Å². The molecular weight excluding hydrogens is 270 g/mol. The summed E-state index contributed by atoms with van der Waals surface area (Å²) in [6.45, 7) is 3.14. The van der Waals surface area contributed by atoms with Crippen molar-refractivity contribution in [3.63, 3.8) is 0 Å². The summed E-state index contributed by atoms with van der Waals surface area (Å²) >= 11 is 0. The van der Waals surface area contributed by atoms with Crippen LogP contribution >= 0.6 is 0 Å². The van der Waals surface area contributed by atoms with Gasteiger partial charge in [0.05, 0.1) is 21.9 Å². The van der Waals surface area contributed by atoms with Crippen molar-refractivity contribution in [3.8, 4) is 0 Å². The third kappa shape index (κ3) is 2.42. The third-order valence-corrected chi connectivity index (χ3v) is 4.18. The Balaban J connectivity index is 2.10. The zero-order valence-corrected chi connectivity index (χ0v) is 11.8. The van der Waals surface area contributed by atoms with E-state index in [0.717, 1.165) is 6.42 Å². The van der Waals surface area contributed by atoms with Gasteiger partial charge in [-0.3, -0.25) is 15.1 Å². The van der Waals surface area contributed by atoms with E-state index in [2.05, 4.69) is 4.98 Å². The lowest BCUT2D eigenvalue weighted by Gasteiger charge is -2.35. The minimum absolute atomic E-state index is 0.0716. The van der Waals surface area contributed by atoms with E-state index in [4.69, 9.17) is 0 Å². The SMILES string of the molecule is CC1CCN(c2ccc3ncccc3c2[N+](=O)[O-])CC1O. The van der Waals surface area contributed by atoms with Gasteiger partial charge >= 0.3 is 5.69 Å². The maximum Gasteiger partial charge on any atom is 0.301 e. The van der Waals surface area contributed by atoms with Crippen LogP contribution in [0.15, 0.2) is 30.5 Å². The summed E-state index contributed by atoms with van der Waals surface area (Å²) in [6, 6.07) is 6.94. The van der Waals surface area contributed by atoms with Gasteiger partial charge in [0.25, 0.3) is 0 Å². The van der Waals surface area contributed by atoms with Crippen molar-refractivity contribution in [2.24, 2.45) is 5.92 Å². The molecule has 0 bridgehead atoms. The Morgan fingerprint density at radius 1 is 1.43 bits per heavy atom. The van der Waals surface area contributed by atoms with Crippen molar-refractivity contribution in [1.29, 1.82) is 0 Å². The van der Waals surface area contributed by atoms with Gasteiger partial charge in [0, 0.05) is 19.3 Å². The summed E-state index contributed by atoms with van der Waals surface area (Å²) in [4.78, 5) is 17.2. The van der Waals surface area contributed by atoms with Crippen molar-refractivity contribution >= 4 is 22.3 Å². The first-order valence-corrected chi connectivity index (χ1v) is 7.03. The number of nitro groups is 1. The predicted octanol–water partition coefficient (Wildman–Crippen LogP) is 2.35. The summed E-state index contributed by atoms with van der Waals surface area (Å²) in [5.41, 5.74) is 1.24. The molecule has 1 aliphatic heterocycles. The molecule has 2 atom stereocenters. The molecule has 0 saturated carbocycles. The summed E-state index contributed by atoms with van der Waals surface area (Å²) in [5.74, 6) is 0.224. The molecule has 3 rings (SSSR count). The third-order valence-electron chi connectivity index (χ3n) is 4.18. The number of nitro benzene ring substituents is 1. The Labute approximate surface area is 122 Å². The number of hydrogen-bond acceptors (Lipinski definition) is 5. The summed E-state index contributed by atoms with van der Waals surface area (Å²) < 4.78 is 0. The summed E-state index contributed by atoms with van der Waals surface area (Å²) in [6.07, 6.45) is 1.99. The molecule has 2 aromatic rings. The zero-order chi connectivity index (χ0) is 15.0. The number of aliphatic hydroxyl groups excluding tert-OH is 1. The Morgan fingerprint density at radius 2 is 2.24 bits per heavy atom. The van der Waals surface area contributed by atoms with E-state index in [0.29, 0.717) is 29.7 Å².